The molecular weight excluding hydrogens is 340 g/mol. The summed E-state index contributed by atoms with van der Waals surface area (Å²) in [4.78, 5) is 17.4. The lowest BCUT2D eigenvalue weighted by molar-refractivity contribution is 0.0720. The first kappa shape index (κ1) is 18.0. The highest BCUT2D eigenvalue weighted by atomic mass is 16.5. The molecular formula is C21H28N4O2. The van der Waals surface area contributed by atoms with Crippen LogP contribution in [-0.2, 0) is 19.6 Å². The van der Waals surface area contributed by atoms with Gasteiger partial charge in [0.05, 0.1) is 6.54 Å². The Labute approximate surface area is 160 Å². The summed E-state index contributed by atoms with van der Waals surface area (Å²) in [5, 5.41) is 4.23. The Morgan fingerprint density at radius 3 is 2.81 bits per heavy atom. The number of likely N-dealkylation sites (tertiary alicyclic amines) is 1. The molecule has 27 heavy (non-hydrogen) atoms. The van der Waals surface area contributed by atoms with E-state index >= 15 is 0 Å². The number of aromatic nitrogens is 2. The van der Waals surface area contributed by atoms with Crippen molar-refractivity contribution >= 4 is 5.91 Å². The van der Waals surface area contributed by atoms with E-state index in [2.05, 4.69) is 28.2 Å². The van der Waals surface area contributed by atoms with Gasteiger partial charge in [0.25, 0.3) is 5.91 Å². The molecule has 1 aromatic carbocycles. The fourth-order valence-electron chi connectivity index (χ4n) is 4.02. The number of piperidine rings is 1. The molecule has 0 aliphatic carbocycles. The normalized spacial score (nSPS) is 17.9. The summed E-state index contributed by atoms with van der Waals surface area (Å²) >= 11 is 0. The van der Waals surface area contributed by atoms with Gasteiger partial charge in [0.15, 0.2) is 0 Å². The monoisotopic (exact) mass is 368 g/mol. The number of carbonyl (C=O) groups is 1. The van der Waals surface area contributed by atoms with Crippen molar-refractivity contribution in [3.8, 4) is 5.75 Å². The Kier molecular flexibility index (Phi) is 5.43. The van der Waals surface area contributed by atoms with Crippen molar-refractivity contribution in [1.82, 2.24) is 19.6 Å². The van der Waals surface area contributed by atoms with Gasteiger partial charge in [-0.05, 0) is 56.6 Å². The maximum atomic E-state index is 13.0. The number of rotatable bonds is 4. The highest BCUT2D eigenvalue weighted by Crippen LogP contribution is 2.26. The van der Waals surface area contributed by atoms with E-state index in [9.17, 15) is 4.79 Å². The van der Waals surface area contributed by atoms with E-state index in [0.717, 1.165) is 17.9 Å². The summed E-state index contributed by atoms with van der Waals surface area (Å²) in [5.74, 6) is 0.920. The Balaban J connectivity index is 1.51. The zero-order valence-electron chi connectivity index (χ0n) is 16.1. The van der Waals surface area contributed by atoms with Gasteiger partial charge in [-0.2, -0.15) is 5.10 Å². The number of carbonyl (C=O) groups excluding carboxylic acids is 1. The van der Waals surface area contributed by atoms with Crippen LogP contribution in [0.1, 0.15) is 47.8 Å². The third kappa shape index (κ3) is 4.00. The van der Waals surface area contributed by atoms with Crippen molar-refractivity contribution < 1.29 is 9.53 Å². The molecule has 2 aliphatic rings. The van der Waals surface area contributed by atoms with Gasteiger partial charge < -0.3 is 9.64 Å². The van der Waals surface area contributed by atoms with Crippen molar-refractivity contribution in [2.45, 2.75) is 45.8 Å². The van der Waals surface area contributed by atoms with Crippen molar-refractivity contribution in [1.29, 1.82) is 0 Å². The summed E-state index contributed by atoms with van der Waals surface area (Å²) < 4.78 is 7.67. The van der Waals surface area contributed by atoms with Gasteiger partial charge in [-0.3, -0.25) is 14.4 Å². The van der Waals surface area contributed by atoms with Crippen LogP contribution in [0, 0.1) is 0 Å². The topological polar surface area (TPSA) is 50.6 Å². The van der Waals surface area contributed by atoms with Gasteiger partial charge in [0.1, 0.15) is 18.1 Å². The van der Waals surface area contributed by atoms with Crippen LogP contribution in [-0.4, -0.2) is 51.7 Å². The molecule has 1 amide bonds. The molecule has 0 radical (unpaired) electrons. The van der Waals surface area contributed by atoms with Crippen LogP contribution in [0.5, 0.6) is 5.75 Å². The summed E-state index contributed by atoms with van der Waals surface area (Å²) in [6.07, 6.45) is 5.62. The fourth-order valence-corrected chi connectivity index (χ4v) is 4.02. The van der Waals surface area contributed by atoms with Crippen LogP contribution in [0.25, 0.3) is 0 Å². The number of fused-ring (bicyclic) bond motifs is 1. The van der Waals surface area contributed by atoms with Crippen molar-refractivity contribution in [3.63, 3.8) is 0 Å². The lowest BCUT2D eigenvalue weighted by Crippen LogP contribution is -2.34. The molecule has 1 aromatic heterocycles. The van der Waals surface area contributed by atoms with Crippen molar-refractivity contribution in [2.75, 3.05) is 26.2 Å². The minimum atomic E-state index is 0.0206. The number of ether oxygens (including phenoxy) is 1. The van der Waals surface area contributed by atoms with Crippen LogP contribution in [0.3, 0.4) is 0 Å². The van der Waals surface area contributed by atoms with Crippen molar-refractivity contribution in [3.05, 3.63) is 47.3 Å². The number of benzene rings is 1. The van der Waals surface area contributed by atoms with Crippen LogP contribution in [0.4, 0.5) is 0 Å². The number of amides is 1. The average Bonchev–Trinajstić information content (AvgIpc) is 3.07. The molecule has 0 atom stereocenters. The molecule has 1 saturated heterocycles. The van der Waals surface area contributed by atoms with Gasteiger partial charge in [0, 0.05) is 31.4 Å². The largest absolute Gasteiger partial charge is 0.491 e. The number of hydrogen-bond donors (Lipinski definition) is 0. The minimum absolute atomic E-state index is 0.0206. The smallest absolute Gasteiger partial charge is 0.272 e. The number of aryl methyl sites for hydroxylation is 1. The third-order valence-electron chi connectivity index (χ3n) is 5.48. The molecule has 3 heterocycles. The molecule has 0 bridgehead atoms. The second-order valence-electron chi connectivity index (χ2n) is 7.39. The molecule has 0 N–H and O–H groups in total. The SMILES string of the molecule is CCn1nccc1C(=O)N1CCOc2ccc(CN3CCCCC3)cc2C1. The predicted octanol–water partition coefficient (Wildman–Crippen LogP) is 2.92. The average molecular weight is 368 g/mol. The standard InChI is InChI=1S/C21H28N4O2/c1-2-25-19(8-9-22-25)21(26)24-12-13-27-20-7-6-17(14-18(20)16-24)15-23-10-4-3-5-11-23/h6-9,14H,2-5,10-13,15-16H2,1H3. The van der Waals surface area contributed by atoms with Gasteiger partial charge in [0.2, 0.25) is 0 Å². The fraction of sp³-hybridized carbons (Fsp3) is 0.524. The number of nitrogens with zero attached hydrogens (tertiary/aromatic N) is 4. The maximum Gasteiger partial charge on any atom is 0.272 e. The summed E-state index contributed by atoms with van der Waals surface area (Å²) in [6.45, 7) is 7.71. The second-order valence-corrected chi connectivity index (χ2v) is 7.39. The molecule has 0 unspecified atom stereocenters. The second kappa shape index (κ2) is 8.13. The molecule has 1 fully saturated rings. The molecule has 2 aromatic rings. The highest BCUT2D eigenvalue weighted by Gasteiger charge is 2.23. The van der Waals surface area contributed by atoms with E-state index in [-0.39, 0.29) is 5.91 Å². The van der Waals surface area contributed by atoms with Crippen LogP contribution in [0.15, 0.2) is 30.5 Å². The van der Waals surface area contributed by atoms with Crippen LogP contribution in [0.2, 0.25) is 0 Å². The summed E-state index contributed by atoms with van der Waals surface area (Å²) in [5.41, 5.74) is 3.04. The Hall–Kier alpha value is -2.34. The number of hydrogen-bond acceptors (Lipinski definition) is 4. The van der Waals surface area contributed by atoms with Crippen LogP contribution >= 0.6 is 0 Å². The quantitative estimate of drug-likeness (QED) is 0.833. The first-order valence-corrected chi connectivity index (χ1v) is 10.0. The van der Waals surface area contributed by atoms with Crippen LogP contribution < -0.4 is 4.74 Å². The van der Waals surface area contributed by atoms with E-state index in [1.165, 1.54) is 37.9 Å². The predicted molar refractivity (Wildman–Crippen MR) is 104 cm³/mol. The van der Waals surface area contributed by atoms with E-state index in [1.54, 1.807) is 16.9 Å². The van der Waals surface area contributed by atoms with Crippen molar-refractivity contribution in [2.24, 2.45) is 0 Å². The van der Waals surface area contributed by atoms with E-state index < -0.39 is 0 Å². The van der Waals surface area contributed by atoms with Gasteiger partial charge >= 0.3 is 0 Å². The Bertz CT molecular complexity index is 795. The summed E-state index contributed by atoms with van der Waals surface area (Å²) in [6, 6.07) is 8.24. The molecule has 0 saturated carbocycles. The van der Waals surface area contributed by atoms with E-state index in [4.69, 9.17) is 4.74 Å². The molecule has 0 spiro atoms. The first-order chi connectivity index (χ1) is 13.2. The third-order valence-corrected chi connectivity index (χ3v) is 5.48. The van der Waals surface area contributed by atoms with E-state index in [0.29, 0.717) is 31.9 Å². The molecule has 144 valence electrons. The zero-order chi connectivity index (χ0) is 18.6. The van der Waals surface area contributed by atoms with Gasteiger partial charge in [-0.25, -0.2) is 0 Å². The lowest BCUT2D eigenvalue weighted by Gasteiger charge is -2.26. The minimum Gasteiger partial charge on any atom is -0.491 e. The van der Waals surface area contributed by atoms with Gasteiger partial charge in [-0.1, -0.05) is 12.5 Å². The first-order valence-electron chi connectivity index (χ1n) is 10.0. The molecule has 4 rings (SSSR count). The van der Waals surface area contributed by atoms with E-state index in [1.807, 2.05) is 11.8 Å². The summed E-state index contributed by atoms with van der Waals surface area (Å²) in [7, 11) is 0. The Morgan fingerprint density at radius 2 is 2.00 bits per heavy atom. The maximum absolute atomic E-state index is 13.0. The Morgan fingerprint density at radius 1 is 1.15 bits per heavy atom. The molecule has 6 heteroatoms. The zero-order valence-corrected chi connectivity index (χ0v) is 16.1. The molecule has 6 nitrogen and oxygen atoms in total. The lowest BCUT2D eigenvalue weighted by atomic mass is 10.1. The van der Waals surface area contributed by atoms with Gasteiger partial charge in [-0.15, -0.1) is 0 Å². The molecule has 2 aliphatic heterocycles. The highest BCUT2D eigenvalue weighted by molar-refractivity contribution is 5.92.